The molecule has 108 valence electrons. The molecule has 1 atom stereocenters. The van der Waals surface area contributed by atoms with E-state index in [1.54, 1.807) is 13.8 Å². The first-order valence-electron chi connectivity index (χ1n) is 5.62. The van der Waals surface area contributed by atoms with Crippen molar-refractivity contribution in [3.05, 3.63) is 11.4 Å². The molecule has 0 aliphatic heterocycles. The quantitative estimate of drug-likeness (QED) is 0.569. The van der Waals surface area contributed by atoms with Crippen LogP contribution in [0.1, 0.15) is 30.0 Å². The minimum atomic E-state index is -4.06. The molecule has 19 heavy (non-hydrogen) atoms. The second kappa shape index (κ2) is 5.68. The summed E-state index contributed by atoms with van der Waals surface area (Å²) in [7, 11) is -4.06. The number of aromatic carboxylic acids is 1. The number of carbonyl (C=O) groups is 1. The van der Waals surface area contributed by atoms with Crippen LogP contribution in [-0.2, 0) is 10.0 Å². The minimum absolute atomic E-state index is 0.130. The number of rotatable bonds is 6. The maximum atomic E-state index is 12.2. The van der Waals surface area contributed by atoms with E-state index < -0.39 is 32.6 Å². The monoisotopic (exact) mass is 291 g/mol. The van der Waals surface area contributed by atoms with Crippen molar-refractivity contribution in [2.45, 2.75) is 31.7 Å². The van der Waals surface area contributed by atoms with Crippen LogP contribution in [0.4, 0.5) is 0 Å². The third kappa shape index (κ3) is 3.31. The Morgan fingerprint density at radius 1 is 1.47 bits per heavy atom. The van der Waals surface area contributed by atoms with Gasteiger partial charge in [0.05, 0.1) is 12.3 Å². The largest absolute Gasteiger partial charge is 0.476 e. The van der Waals surface area contributed by atoms with Gasteiger partial charge in [-0.2, -0.15) is 5.10 Å². The topological polar surface area (TPSA) is 132 Å². The first-order chi connectivity index (χ1) is 8.70. The van der Waals surface area contributed by atoms with Crippen LogP contribution in [0.5, 0.6) is 0 Å². The summed E-state index contributed by atoms with van der Waals surface area (Å²) in [6, 6.07) is -0.694. The first kappa shape index (κ1) is 15.6. The Labute approximate surface area is 110 Å². The highest BCUT2D eigenvalue weighted by molar-refractivity contribution is 7.89. The number of aryl methyl sites for hydroxylation is 1. The number of carboxylic acid groups (broad SMARTS) is 1. The Bertz CT molecular complexity index is 564. The molecule has 1 rings (SSSR count). The summed E-state index contributed by atoms with van der Waals surface area (Å²) in [5, 5.41) is 23.8. The molecular formula is C10H17N3O5S. The van der Waals surface area contributed by atoms with Gasteiger partial charge in [0.1, 0.15) is 4.90 Å². The summed E-state index contributed by atoms with van der Waals surface area (Å²) in [5.74, 6) is -1.57. The van der Waals surface area contributed by atoms with E-state index in [4.69, 9.17) is 10.2 Å². The van der Waals surface area contributed by atoms with Crippen molar-refractivity contribution in [2.75, 3.05) is 6.61 Å². The van der Waals surface area contributed by atoms with Gasteiger partial charge in [-0.25, -0.2) is 17.9 Å². The van der Waals surface area contributed by atoms with Crippen molar-refractivity contribution in [3.63, 3.8) is 0 Å². The predicted octanol–water partition coefficient (Wildman–Crippen LogP) is -0.288. The molecule has 9 heteroatoms. The van der Waals surface area contributed by atoms with Gasteiger partial charge in [0, 0.05) is 6.04 Å². The molecule has 8 nitrogen and oxygen atoms in total. The smallest absolute Gasteiger partial charge is 0.357 e. The molecule has 0 spiro atoms. The van der Waals surface area contributed by atoms with Crippen molar-refractivity contribution >= 4 is 16.0 Å². The Morgan fingerprint density at radius 3 is 2.47 bits per heavy atom. The summed E-state index contributed by atoms with van der Waals surface area (Å²) in [6.07, 6.45) is 0. The molecule has 1 aromatic rings. The number of aromatic amines is 1. The number of sulfonamides is 1. The highest BCUT2D eigenvalue weighted by Gasteiger charge is 2.30. The van der Waals surface area contributed by atoms with Crippen molar-refractivity contribution in [2.24, 2.45) is 5.92 Å². The van der Waals surface area contributed by atoms with E-state index in [2.05, 4.69) is 14.9 Å². The lowest BCUT2D eigenvalue weighted by Crippen LogP contribution is -2.41. The lowest BCUT2D eigenvalue weighted by molar-refractivity contribution is 0.0686. The van der Waals surface area contributed by atoms with Gasteiger partial charge in [0.15, 0.2) is 5.69 Å². The summed E-state index contributed by atoms with van der Waals surface area (Å²) in [6.45, 7) is 4.51. The van der Waals surface area contributed by atoms with Crippen molar-refractivity contribution < 1.29 is 23.4 Å². The summed E-state index contributed by atoms with van der Waals surface area (Å²) in [5.41, 5.74) is -0.434. The van der Waals surface area contributed by atoms with Crippen LogP contribution in [0.2, 0.25) is 0 Å². The van der Waals surface area contributed by atoms with Gasteiger partial charge in [-0.15, -0.1) is 0 Å². The lowest BCUT2D eigenvalue weighted by atomic mass is 10.1. The number of aliphatic hydroxyl groups is 1. The van der Waals surface area contributed by atoms with E-state index in [1.807, 2.05) is 0 Å². The molecule has 0 saturated heterocycles. The number of hydrogen-bond donors (Lipinski definition) is 4. The highest BCUT2D eigenvalue weighted by atomic mass is 32.2. The zero-order valence-corrected chi connectivity index (χ0v) is 11.7. The van der Waals surface area contributed by atoms with Crippen LogP contribution in [0.15, 0.2) is 4.90 Å². The van der Waals surface area contributed by atoms with Crippen molar-refractivity contribution in [1.29, 1.82) is 0 Å². The van der Waals surface area contributed by atoms with Crippen molar-refractivity contribution in [3.8, 4) is 0 Å². The minimum Gasteiger partial charge on any atom is -0.476 e. The van der Waals surface area contributed by atoms with E-state index in [-0.39, 0.29) is 18.2 Å². The van der Waals surface area contributed by atoms with E-state index in [0.717, 1.165) is 0 Å². The molecule has 0 fully saturated rings. The number of hydrogen-bond acceptors (Lipinski definition) is 5. The molecule has 1 unspecified atom stereocenters. The van der Waals surface area contributed by atoms with E-state index in [1.165, 1.54) is 6.92 Å². The van der Waals surface area contributed by atoms with Crippen LogP contribution >= 0.6 is 0 Å². The number of carboxylic acids is 1. The normalized spacial score (nSPS) is 13.7. The summed E-state index contributed by atoms with van der Waals surface area (Å²) >= 11 is 0. The van der Waals surface area contributed by atoms with Crippen LogP contribution in [0.3, 0.4) is 0 Å². The SMILES string of the molecule is Cc1[nH]nc(C(=O)O)c1S(=O)(=O)NC(CO)C(C)C. The van der Waals surface area contributed by atoms with Gasteiger partial charge >= 0.3 is 5.97 Å². The van der Waals surface area contributed by atoms with Crippen LogP contribution in [0, 0.1) is 12.8 Å². The average molecular weight is 291 g/mol. The lowest BCUT2D eigenvalue weighted by Gasteiger charge is -2.19. The molecule has 0 bridgehead atoms. The standard InChI is InChI=1S/C10H17N3O5S/c1-5(2)7(4-14)13-19(17,18)9-6(3)11-12-8(9)10(15)16/h5,7,13-14H,4H2,1-3H3,(H,11,12)(H,15,16). The molecule has 0 radical (unpaired) electrons. The van der Waals surface area contributed by atoms with E-state index in [0.29, 0.717) is 0 Å². The number of nitrogens with zero attached hydrogens (tertiary/aromatic N) is 1. The molecule has 0 saturated carbocycles. The second-order valence-corrected chi connectivity index (χ2v) is 6.14. The molecule has 4 N–H and O–H groups in total. The number of nitrogens with one attached hydrogen (secondary N) is 2. The summed E-state index contributed by atoms with van der Waals surface area (Å²) < 4.78 is 26.6. The Kier molecular flexibility index (Phi) is 4.66. The van der Waals surface area contributed by atoms with Crippen LogP contribution in [-0.4, -0.2) is 47.4 Å². The Morgan fingerprint density at radius 2 is 2.05 bits per heavy atom. The Balaban J connectivity index is 3.21. The molecule has 0 amide bonds. The number of H-pyrrole nitrogens is 1. The molecule has 0 aliphatic carbocycles. The fraction of sp³-hybridized carbons (Fsp3) is 0.600. The average Bonchev–Trinajstić information content (AvgIpc) is 2.68. The molecule has 0 aliphatic rings. The van der Waals surface area contributed by atoms with Gasteiger partial charge in [-0.05, 0) is 12.8 Å². The Hall–Kier alpha value is -1.45. The predicted molar refractivity (Wildman–Crippen MR) is 66.3 cm³/mol. The number of aliphatic hydroxyl groups excluding tert-OH is 1. The van der Waals surface area contributed by atoms with Crippen LogP contribution in [0.25, 0.3) is 0 Å². The first-order valence-corrected chi connectivity index (χ1v) is 7.10. The van der Waals surface area contributed by atoms with Crippen molar-refractivity contribution in [1.82, 2.24) is 14.9 Å². The second-order valence-electron chi connectivity index (χ2n) is 4.49. The third-order valence-corrected chi connectivity index (χ3v) is 4.32. The van der Waals surface area contributed by atoms with Gasteiger partial charge < -0.3 is 10.2 Å². The number of aromatic nitrogens is 2. The zero-order valence-electron chi connectivity index (χ0n) is 10.8. The fourth-order valence-corrected chi connectivity index (χ4v) is 3.23. The molecule has 1 aromatic heterocycles. The molecule has 1 heterocycles. The van der Waals surface area contributed by atoms with Gasteiger partial charge in [-0.1, -0.05) is 13.8 Å². The van der Waals surface area contributed by atoms with Gasteiger partial charge in [0.25, 0.3) is 0 Å². The molecular weight excluding hydrogens is 274 g/mol. The van der Waals surface area contributed by atoms with Crippen LogP contribution < -0.4 is 4.72 Å². The van der Waals surface area contributed by atoms with Gasteiger partial charge in [-0.3, -0.25) is 5.10 Å². The maximum absolute atomic E-state index is 12.2. The van der Waals surface area contributed by atoms with Gasteiger partial charge in [0.2, 0.25) is 10.0 Å². The fourth-order valence-electron chi connectivity index (χ4n) is 1.54. The molecule has 0 aromatic carbocycles. The maximum Gasteiger partial charge on any atom is 0.357 e. The highest BCUT2D eigenvalue weighted by Crippen LogP contribution is 2.18. The third-order valence-electron chi connectivity index (χ3n) is 2.67. The van der Waals surface area contributed by atoms with E-state index in [9.17, 15) is 13.2 Å². The summed E-state index contributed by atoms with van der Waals surface area (Å²) in [4.78, 5) is 10.5. The van der Waals surface area contributed by atoms with E-state index >= 15 is 0 Å². The zero-order chi connectivity index (χ0) is 14.8.